The van der Waals surface area contributed by atoms with Gasteiger partial charge in [-0.05, 0) is 61.2 Å². The van der Waals surface area contributed by atoms with Gasteiger partial charge in [0, 0.05) is 24.5 Å². The molecule has 2 heterocycles. The third-order valence-corrected chi connectivity index (χ3v) is 8.24. The molecule has 16 heteroatoms. The molecule has 2 aromatic heterocycles. The third-order valence-electron chi connectivity index (χ3n) is 6.79. The highest BCUT2D eigenvalue weighted by Gasteiger charge is 2.17. The van der Waals surface area contributed by atoms with Crippen molar-refractivity contribution in [1.82, 2.24) is 19.1 Å². The number of aliphatic hydroxyl groups is 1. The van der Waals surface area contributed by atoms with Crippen molar-refractivity contribution in [3.63, 3.8) is 0 Å². The molecule has 0 spiro atoms. The van der Waals surface area contributed by atoms with E-state index in [1.165, 1.54) is 12.1 Å². The number of rotatable bonds is 8. The van der Waals surface area contributed by atoms with Gasteiger partial charge in [0.25, 0.3) is 11.1 Å². The van der Waals surface area contributed by atoms with Crippen molar-refractivity contribution in [3.8, 4) is 0 Å². The first kappa shape index (κ1) is 34.3. The Morgan fingerprint density at radius 2 is 1.20 bits per heavy atom. The number of hydrogen-bond acceptors (Lipinski definition) is 10. The van der Waals surface area contributed by atoms with Gasteiger partial charge in [0.1, 0.15) is 11.8 Å². The highest BCUT2D eigenvalue weighted by atomic mass is 32.2. The van der Waals surface area contributed by atoms with E-state index in [4.69, 9.17) is 0 Å². The predicted molar refractivity (Wildman–Crippen MR) is 167 cm³/mol. The average Bonchev–Trinajstić information content (AvgIpc) is 2.91. The van der Waals surface area contributed by atoms with Crippen molar-refractivity contribution >= 4 is 47.3 Å². The van der Waals surface area contributed by atoms with Gasteiger partial charge < -0.3 is 15.1 Å². The standard InChI is InChI=1S/C14H18N2O5S.C14H16N2O5S/c2*1-4-12(17)9-6-10-11(5-8(9)2)15-14(19)16(13(10)18)7-22(3,20)21/h5-6,12,17H,4,7H2,1-3H3,(H,15,19);5-6H,4,7H2,1-3H3,(H,15,19). The van der Waals surface area contributed by atoms with Gasteiger partial charge in [-0.2, -0.15) is 0 Å². The molecule has 0 saturated carbocycles. The smallest absolute Gasteiger partial charge is 0.329 e. The molecule has 0 radical (unpaired) electrons. The Morgan fingerprint density at radius 1 is 0.773 bits per heavy atom. The first-order valence-corrected chi connectivity index (χ1v) is 17.5. The van der Waals surface area contributed by atoms with Crippen LogP contribution in [0.4, 0.5) is 0 Å². The van der Waals surface area contributed by atoms with E-state index in [1.54, 1.807) is 32.9 Å². The van der Waals surface area contributed by atoms with E-state index in [1.807, 2.05) is 6.92 Å². The number of nitrogens with zero attached hydrogens (tertiary/aromatic N) is 2. The lowest BCUT2D eigenvalue weighted by atomic mass is 9.99. The summed E-state index contributed by atoms with van der Waals surface area (Å²) in [5.74, 6) is -1.52. The molecule has 238 valence electrons. The molecule has 1 unspecified atom stereocenters. The van der Waals surface area contributed by atoms with E-state index in [2.05, 4.69) is 9.97 Å². The van der Waals surface area contributed by atoms with Crippen LogP contribution in [0.3, 0.4) is 0 Å². The Hall–Kier alpha value is -4.15. The van der Waals surface area contributed by atoms with Crippen LogP contribution in [0.25, 0.3) is 21.8 Å². The summed E-state index contributed by atoms with van der Waals surface area (Å²) in [7, 11) is -7.09. The topological polar surface area (TPSA) is 215 Å². The molecule has 4 rings (SSSR count). The average molecular weight is 651 g/mol. The van der Waals surface area contributed by atoms with Crippen molar-refractivity contribution in [2.45, 2.75) is 58.4 Å². The summed E-state index contributed by atoms with van der Waals surface area (Å²) in [6.45, 7) is 7.00. The first-order valence-electron chi connectivity index (χ1n) is 13.4. The summed E-state index contributed by atoms with van der Waals surface area (Å²) in [5, 5.41) is 10.3. The molecule has 44 heavy (non-hydrogen) atoms. The molecule has 0 bridgehead atoms. The molecule has 3 N–H and O–H groups in total. The Balaban J connectivity index is 0.000000240. The number of aliphatic hydroxyl groups excluding tert-OH is 1. The fraction of sp³-hybridized carbons (Fsp3) is 0.393. The summed E-state index contributed by atoms with van der Waals surface area (Å²) in [6.07, 6.45) is 1.92. The Labute approximate surface area is 251 Å². The molecule has 14 nitrogen and oxygen atoms in total. The number of aryl methyl sites for hydroxylation is 2. The maximum absolute atomic E-state index is 12.4. The number of benzene rings is 2. The number of carbonyl (C=O) groups is 1. The molecule has 4 aromatic rings. The van der Waals surface area contributed by atoms with Crippen LogP contribution in [-0.4, -0.2) is 59.3 Å². The lowest BCUT2D eigenvalue weighted by Gasteiger charge is -2.13. The van der Waals surface area contributed by atoms with Crippen LogP contribution in [0.2, 0.25) is 0 Å². The van der Waals surface area contributed by atoms with E-state index >= 15 is 0 Å². The molecule has 0 aliphatic heterocycles. The zero-order valence-electron chi connectivity index (χ0n) is 25.0. The fourth-order valence-electron chi connectivity index (χ4n) is 4.61. The minimum absolute atomic E-state index is 0.116. The molecule has 0 fully saturated rings. The van der Waals surface area contributed by atoms with Crippen LogP contribution in [-0.2, 0) is 31.4 Å². The van der Waals surface area contributed by atoms with Crippen LogP contribution < -0.4 is 22.5 Å². The maximum Gasteiger partial charge on any atom is 0.329 e. The number of H-pyrrole nitrogens is 2. The highest BCUT2D eigenvalue weighted by Crippen LogP contribution is 2.23. The number of carbonyl (C=O) groups excluding carboxylic acids is 1. The highest BCUT2D eigenvalue weighted by molar-refractivity contribution is 7.89. The number of hydrogen-bond donors (Lipinski definition) is 3. The predicted octanol–water partition coefficient (Wildman–Crippen LogP) is 1.04. The fourth-order valence-corrected chi connectivity index (χ4v) is 6.01. The van der Waals surface area contributed by atoms with Gasteiger partial charge in [-0.25, -0.2) is 35.6 Å². The Kier molecular flexibility index (Phi) is 10.0. The van der Waals surface area contributed by atoms with Gasteiger partial charge in [-0.3, -0.25) is 14.4 Å². The zero-order chi connectivity index (χ0) is 33.3. The number of fused-ring (bicyclic) bond motifs is 2. The number of sulfone groups is 2. The van der Waals surface area contributed by atoms with Crippen LogP contribution >= 0.6 is 0 Å². The number of Topliss-reactive ketones (excluding diaryl/α,β-unsaturated/α-hetero) is 1. The second-order valence-corrected chi connectivity index (χ2v) is 14.8. The van der Waals surface area contributed by atoms with Crippen molar-refractivity contribution in [2.75, 3.05) is 12.5 Å². The van der Waals surface area contributed by atoms with Gasteiger partial charge in [0.15, 0.2) is 25.5 Å². The normalized spacial score (nSPS) is 12.6. The zero-order valence-corrected chi connectivity index (χ0v) is 26.7. The molecule has 0 aliphatic carbocycles. The van der Waals surface area contributed by atoms with E-state index in [9.17, 15) is 45.9 Å². The van der Waals surface area contributed by atoms with Gasteiger partial charge in [-0.1, -0.05) is 13.8 Å². The second-order valence-electron chi connectivity index (χ2n) is 10.6. The largest absolute Gasteiger partial charge is 0.388 e. The van der Waals surface area contributed by atoms with Gasteiger partial charge in [-0.15, -0.1) is 0 Å². The maximum atomic E-state index is 12.4. The second kappa shape index (κ2) is 12.8. The van der Waals surface area contributed by atoms with E-state index in [-0.39, 0.29) is 28.5 Å². The minimum Gasteiger partial charge on any atom is -0.388 e. The molecule has 0 saturated heterocycles. The molecule has 0 amide bonds. The minimum atomic E-state index is -3.55. The van der Waals surface area contributed by atoms with E-state index in [0.717, 1.165) is 18.1 Å². The Morgan fingerprint density at radius 3 is 1.61 bits per heavy atom. The number of ketones is 1. The van der Waals surface area contributed by atoms with Crippen molar-refractivity contribution in [3.05, 3.63) is 88.2 Å². The summed E-state index contributed by atoms with van der Waals surface area (Å²) in [5.41, 5.74) is 0.00316. The summed E-state index contributed by atoms with van der Waals surface area (Å²) >= 11 is 0. The third kappa shape index (κ3) is 7.67. The lowest BCUT2D eigenvalue weighted by Crippen LogP contribution is -2.37. The Bertz CT molecular complexity index is 2240. The summed E-state index contributed by atoms with van der Waals surface area (Å²) in [6, 6.07) is 6.08. The monoisotopic (exact) mass is 650 g/mol. The van der Waals surface area contributed by atoms with E-state index in [0.29, 0.717) is 37.8 Å². The first-order chi connectivity index (χ1) is 20.3. The van der Waals surface area contributed by atoms with E-state index < -0.39 is 60.0 Å². The van der Waals surface area contributed by atoms with Crippen LogP contribution in [0, 0.1) is 13.8 Å². The summed E-state index contributed by atoms with van der Waals surface area (Å²) < 4.78 is 46.7. The van der Waals surface area contributed by atoms with Crippen LogP contribution in [0.5, 0.6) is 0 Å². The van der Waals surface area contributed by atoms with Crippen molar-refractivity contribution < 1.29 is 26.7 Å². The van der Waals surface area contributed by atoms with Crippen LogP contribution in [0.15, 0.2) is 43.4 Å². The van der Waals surface area contributed by atoms with Crippen molar-refractivity contribution in [2.24, 2.45) is 0 Å². The number of aromatic amines is 2. The molecule has 1 atom stereocenters. The number of nitrogens with one attached hydrogen (secondary N) is 2. The molecule has 0 aliphatic rings. The quantitative estimate of drug-likeness (QED) is 0.230. The summed E-state index contributed by atoms with van der Waals surface area (Å²) in [4.78, 5) is 65.5. The van der Waals surface area contributed by atoms with Gasteiger partial charge >= 0.3 is 11.4 Å². The molecular formula is C28H34N4O10S2. The molecule has 2 aromatic carbocycles. The molecular weight excluding hydrogens is 616 g/mol. The number of aromatic nitrogens is 4. The van der Waals surface area contributed by atoms with Crippen LogP contribution in [0.1, 0.15) is 59.8 Å². The SMILES string of the molecule is CCC(=O)c1cc2c(=O)n(CS(C)(=O)=O)c(=O)[nH]c2cc1C.CCC(O)c1cc2c(=O)n(CS(C)(=O)=O)c(=O)[nH]c2cc1C. The van der Waals surface area contributed by atoms with Gasteiger partial charge in [0.05, 0.1) is 27.9 Å². The van der Waals surface area contributed by atoms with Crippen molar-refractivity contribution in [1.29, 1.82) is 0 Å². The van der Waals surface area contributed by atoms with Gasteiger partial charge in [0.2, 0.25) is 0 Å². The lowest BCUT2D eigenvalue weighted by molar-refractivity contribution is 0.0987.